The maximum absolute atomic E-state index is 11.8. The average molecular weight is 263 g/mol. The van der Waals surface area contributed by atoms with Crippen molar-refractivity contribution < 1.29 is 4.79 Å². The van der Waals surface area contributed by atoms with E-state index in [0.717, 1.165) is 16.9 Å². The van der Waals surface area contributed by atoms with Crippen molar-refractivity contribution in [3.05, 3.63) is 45.0 Å². The molecule has 1 amide bonds. The van der Waals surface area contributed by atoms with Crippen molar-refractivity contribution >= 4 is 28.6 Å². The first-order chi connectivity index (χ1) is 8.56. The molecule has 2 rings (SSSR count). The highest BCUT2D eigenvalue weighted by Crippen LogP contribution is 2.17. The third-order valence-corrected chi connectivity index (χ3v) is 3.18. The minimum Gasteiger partial charge on any atom is -0.399 e. The fourth-order valence-electron chi connectivity index (χ4n) is 1.58. The van der Waals surface area contributed by atoms with Crippen LogP contribution in [0.4, 0.5) is 11.4 Å². The monoisotopic (exact) mass is 263 g/mol. The van der Waals surface area contributed by atoms with Crippen molar-refractivity contribution in [3.63, 3.8) is 0 Å². The average Bonchev–Trinajstić information content (AvgIpc) is 2.69. The number of aromatic nitrogens is 1. The lowest BCUT2D eigenvalue weighted by Crippen LogP contribution is -2.24. The Morgan fingerprint density at radius 2 is 2.28 bits per heavy atom. The molecule has 3 N–H and O–H groups in total. The zero-order valence-corrected chi connectivity index (χ0v) is 10.7. The molecule has 0 fully saturated rings. The van der Waals surface area contributed by atoms with Gasteiger partial charge in [0.15, 0.2) is 0 Å². The number of nitrogen functional groups attached to an aromatic ring is 1. The lowest BCUT2D eigenvalue weighted by atomic mass is 10.2. The van der Waals surface area contributed by atoms with Crippen LogP contribution in [0.25, 0.3) is 0 Å². The molecule has 0 unspecified atom stereocenters. The van der Waals surface area contributed by atoms with Gasteiger partial charge in [-0.25, -0.2) is 0 Å². The van der Waals surface area contributed by atoms with Gasteiger partial charge in [-0.15, -0.1) is 0 Å². The lowest BCUT2D eigenvalue weighted by molar-refractivity contribution is -0.116. The summed E-state index contributed by atoms with van der Waals surface area (Å²) in [5.41, 5.74) is 7.88. The summed E-state index contributed by atoms with van der Waals surface area (Å²) in [5.74, 6) is -0.233. The van der Waals surface area contributed by atoms with Crippen molar-refractivity contribution in [2.75, 3.05) is 11.1 Å². The molecule has 0 saturated carbocycles. The first-order valence-electron chi connectivity index (χ1n) is 5.36. The van der Waals surface area contributed by atoms with Gasteiger partial charge in [-0.05, 0) is 30.7 Å². The molecule has 18 heavy (non-hydrogen) atoms. The van der Waals surface area contributed by atoms with Crippen LogP contribution >= 0.6 is 11.3 Å². The molecule has 2 aromatic rings. The van der Waals surface area contributed by atoms with Crippen LogP contribution in [0.1, 0.15) is 5.56 Å². The van der Waals surface area contributed by atoms with Gasteiger partial charge in [0.2, 0.25) is 5.91 Å². The molecule has 0 spiro atoms. The Labute approximate surface area is 108 Å². The van der Waals surface area contributed by atoms with Gasteiger partial charge in [-0.2, -0.15) is 0 Å². The summed E-state index contributed by atoms with van der Waals surface area (Å²) in [6, 6.07) is 5.25. The fourth-order valence-corrected chi connectivity index (χ4v) is 2.16. The summed E-state index contributed by atoms with van der Waals surface area (Å²) >= 11 is 1.07. The number of thiazole rings is 1. The second-order valence-corrected chi connectivity index (χ2v) is 4.78. The Hall–Kier alpha value is -2.08. The Kier molecular flexibility index (Phi) is 3.47. The van der Waals surface area contributed by atoms with Gasteiger partial charge in [-0.3, -0.25) is 14.2 Å². The van der Waals surface area contributed by atoms with Crippen LogP contribution in [0.3, 0.4) is 0 Å². The molecular formula is C12H13N3O2S. The Bertz CT molecular complexity index is 630. The topological polar surface area (TPSA) is 77.1 Å². The van der Waals surface area contributed by atoms with Gasteiger partial charge < -0.3 is 11.1 Å². The van der Waals surface area contributed by atoms with E-state index in [1.54, 1.807) is 29.8 Å². The Balaban J connectivity index is 2.08. The summed E-state index contributed by atoms with van der Waals surface area (Å²) in [6.45, 7) is 1.88. The molecule has 0 bridgehead atoms. The summed E-state index contributed by atoms with van der Waals surface area (Å²) in [5, 5.41) is 4.41. The van der Waals surface area contributed by atoms with Crippen LogP contribution in [-0.2, 0) is 11.3 Å². The number of amides is 1. The number of benzene rings is 1. The van der Waals surface area contributed by atoms with Gasteiger partial charge >= 0.3 is 4.87 Å². The molecule has 5 nitrogen and oxygen atoms in total. The maximum atomic E-state index is 11.8. The second kappa shape index (κ2) is 5.05. The van der Waals surface area contributed by atoms with E-state index in [1.807, 2.05) is 6.92 Å². The minimum absolute atomic E-state index is 0.0200. The highest BCUT2D eigenvalue weighted by atomic mass is 32.1. The third-order valence-electron chi connectivity index (χ3n) is 2.48. The molecule has 1 aromatic heterocycles. The van der Waals surface area contributed by atoms with Crippen molar-refractivity contribution in [2.45, 2.75) is 13.5 Å². The quantitative estimate of drug-likeness (QED) is 0.823. The highest BCUT2D eigenvalue weighted by Gasteiger charge is 2.07. The van der Waals surface area contributed by atoms with E-state index in [2.05, 4.69) is 5.32 Å². The number of nitrogens with two attached hydrogens (primary N) is 1. The van der Waals surface area contributed by atoms with E-state index in [0.29, 0.717) is 11.4 Å². The van der Waals surface area contributed by atoms with Gasteiger partial charge in [0.05, 0.1) is 0 Å². The van der Waals surface area contributed by atoms with E-state index in [9.17, 15) is 9.59 Å². The van der Waals surface area contributed by atoms with Gasteiger partial charge in [0.25, 0.3) is 0 Å². The number of anilines is 2. The maximum Gasteiger partial charge on any atom is 0.307 e. The Morgan fingerprint density at radius 1 is 1.50 bits per heavy atom. The number of aryl methyl sites for hydroxylation is 1. The molecule has 0 radical (unpaired) electrons. The first-order valence-corrected chi connectivity index (χ1v) is 6.24. The SMILES string of the molecule is Cc1cc(N)ccc1NC(=O)Cn1ccsc1=O. The lowest BCUT2D eigenvalue weighted by Gasteiger charge is -2.09. The number of hydrogen-bond acceptors (Lipinski definition) is 4. The molecule has 1 heterocycles. The number of nitrogens with one attached hydrogen (secondary N) is 1. The first kappa shape index (κ1) is 12.4. The number of carbonyl (C=O) groups is 1. The van der Waals surface area contributed by atoms with Crippen LogP contribution in [0.2, 0.25) is 0 Å². The number of nitrogens with zero attached hydrogens (tertiary/aromatic N) is 1. The summed E-state index contributed by atoms with van der Waals surface area (Å²) in [7, 11) is 0. The van der Waals surface area contributed by atoms with Crippen molar-refractivity contribution in [1.29, 1.82) is 0 Å². The predicted molar refractivity (Wildman–Crippen MR) is 72.8 cm³/mol. The summed E-state index contributed by atoms with van der Waals surface area (Å²) < 4.78 is 1.37. The van der Waals surface area contributed by atoms with Gasteiger partial charge in [0.1, 0.15) is 6.54 Å². The number of carbonyl (C=O) groups excluding carboxylic acids is 1. The summed E-state index contributed by atoms with van der Waals surface area (Å²) in [4.78, 5) is 22.9. The molecule has 0 aliphatic heterocycles. The molecule has 1 aromatic carbocycles. The van der Waals surface area contributed by atoms with Crippen LogP contribution in [0, 0.1) is 6.92 Å². The minimum atomic E-state index is -0.233. The second-order valence-electron chi connectivity index (χ2n) is 3.92. The van der Waals surface area contributed by atoms with E-state index >= 15 is 0 Å². The highest BCUT2D eigenvalue weighted by molar-refractivity contribution is 7.07. The zero-order valence-electron chi connectivity index (χ0n) is 9.84. The van der Waals surface area contributed by atoms with Gasteiger partial charge in [0, 0.05) is 23.0 Å². The molecular weight excluding hydrogens is 250 g/mol. The van der Waals surface area contributed by atoms with Crippen LogP contribution < -0.4 is 15.9 Å². The summed E-state index contributed by atoms with van der Waals surface area (Å²) in [6.07, 6.45) is 1.60. The van der Waals surface area contributed by atoms with E-state index in [4.69, 9.17) is 5.73 Å². The largest absolute Gasteiger partial charge is 0.399 e. The molecule has 0 aliphatic rings. The normalized spacial score (nSPS) is 10.3. The Morgan fingerprint density at radius 3 is 2.89 bits per heavy atom. The van der Waals surface area contributed by atoms with Gasteiger partial charge in [-0.1, -0.05) is 11.3 Å². The molecule has 94 valence electrons. The predicted octanol–water partition coefficient (Wildman–Crippen LogP) is 1.44. The van der Waals surface area contributed by atoms with Crippen molar-refractivity contribution in [2.24, 2.45) is 0 Å². The van der Waals surface area contributed by atoms with Crippen LogP contribution in [-0.4, -0.2) is 10.5 Å². The number of rotatable bonds is 3. The fraction of sp³-hybridized carbons (Fsp3) is 0.167. The van der Waals surface area contributed by atoms with E-state index in [-0.39, 0.29) is 17.3 Å². The van der Waals surface area contributed by atoms with Crippen molar-refractivity contribution in [1.82, 2.24) is 4.57 Å². The molecule has 0 aliphatic carbocycles. The third kappa shape index (κ3) is 2.78. The zero-order chi connectivity index (χ0) is 13.1. The van der Waals surface area contributed by atoms with E-state index in [1.165, 1.54) is 4.57 Å². The number of hydrogen-bond donors (Lipinski definition) is 2. The molecule has 0 atom stereocenters. The van der Waals surface area contributed by atoms with Crippen LogP contribution in [0.5, 0.6) is 0 Å². The van der Waals surface area contributed by atoms with Crippen molar-refractivity contribution in [3.8, 4) is 0 Å². The standard InChI is InChI=1S/C12H13N3O2S/c1-8-6-9(13)2-3-10(8)14-11(16)7-15-4-5-18-12(15)17/h2-6H,7,13H2,1H3,(H,14,16). The molecule has 6 heteroatoms. The molecule has 0 saturated heterocycles. The smallest absolute Gasteiger partial charge is 0.307 e. The van der Waals surface area contributed by atoms with Crippen LogP contribution in [0.15, 0.2) is 34.6 Å². The van der Waals surface area contributed by atoms with E-state index < -0.39 is 0 Å².